The third kappa shape index (κ3) is 3.85. The maximum Gasteiger partial charge on any atom is 0.0687 e. The molecule has 0 bridgehead atoms. The molecular weight excluding hydrogens is 190 g/mol. The molecule has 0 aromatic carbocycles. The van der Waals surface area contributed by atoms with Crippen LogP contribution in [0.3, 0.4) is 0 Å². The molecule has 0 amide bonds. The van der Waals surface area contributed by atoms with Gasteiger partial charge in [0, 0.05) is 31.0 Å². The first-order chi connectivity index (χ1) is 7.13. The zero-order valence-corrected chi connectivity index (χ0v) is 9.35. The van der Waals surface area contributed by atoms with Gasteiger partial charge in [0.15, 0.2) is 0 Å². The first-order valence-electron chi connectivity index (χ1n) is 5.18. The highest BCUT2D eigenvalue weighted by atomic mass is 16.3. The lowest BCUT2D eigenvalue weighted by Crippen LogP contribution is -2.30. The standard InChI is InChI=1S/C11H19N3O/c1-4-14-8-10(6-13-14)5-12-7-11(15)9(2)3/h4,6,8-9,11-12,15H,1,5,7H2,2-3H3. The Labute approximate surface area is 90.6 Å². The van der Waals surface area contributed by atoms with E-state index in [4.69, 9.17) is 0 Å². The third-order valence-electron chi connectivity index (χ3n) is 2.29. The van der Waals surface area contributed by atoms with E-state index >= 15 is 0 Å². The molecule has 1 unspecified atom stereocenters. The summed E-state index contributed by atoms with van der Waals surface area (Å²) in [5.74, 6) is 0.286. The zero-order chi connectivity index (χ0) is 11.3. The van der Waals surface area contributed by atoms with Crippen molar-refractivity contribution in [2.75, 3.05) is 6.54 Å². The molecular formula is C11H19N3O. The van der Waals surface area contributed by atoms with Crippen LogP contribution in [0.5, 0.6) is 0 Å². The normalized spacial score (nSPS) is 13.1. The largest absolute Gasteiger partial charge is 0.392 e. The second-order valence-electron chi connectivity index (χ2n) is 3.95. The van der Waals surface area contributed by atoms with Crippen molar-refractivity contribution in [3.8, 4) is 0 Å². The van der Waals surface area contributed by atoms with Crippen LogP contribution >= 0.6 is 0 Å². The molecule has 0 aliphatic rings. The van der Waals surface area contributed by atoms with Crippen LogP contribution < -0.4 is 5.32 Å². The van der Waals surface area contributed by atoms with Gasteiger partial charge in [-0.1, -0.05) is 20.4 Å². The Morgan fingerprint density at radius 2 is 2.40 bits per heavy atom. The van der Waals surface area contributed by atoms with Crippen LogP contribution in [-0.4, -0.2) is 27.5 Å². The number of aromatic nitrogens is 2. The van der Waals surface area contributed by atoms with Gasteiger partial charge in [0.05, 0.1) is 12.3 Å². The molecule has 84 valence electrons. The van der Waals surface area contributed by atoms with Gasteiger partial charge < -0.3 is 10.4 Å². The predicted octanol–water partition coefficient (Wildman–Crippen LogP) is 1.09. The molecule has 4 nitrogen and oxygen atoms in total. The van der Waals surface area contributed by atoms with Gasteiger partial charge in [-0.3, -0.25) is 0 Å². The van der Waals surface area contributed by atoms with E-state index in [1.54, 1.807) is 17.1 Å². The molecule has 0 fully saturated rings. The zero-order valence-electron chi connectivity index (χ0n) is 9.35. The van der Waals surface area contributed by atoms with E-state index in [2.05, 4.69) is 17.0 Å². The summed E-state index contributed by atoms with van der Waals surface area (Å²) in [6.07, 6.45) is 5.05. The van der Waals surface area contributed by atoms with Gasteiger partial charge in [0.1, 0.15) is 0 Å². The summed E-state index contributed by atoms with van der Waals surface area (Å²) in [6.45, 7) is 8.95. The summed E-state index contributed by atoms with van der Waals surface area (Å²) in [7, 11) is 0. The highest BCUT2D eigenvalue weighted by molar-refractivity contribution is 5.17. The summed E-state index contributed by atoms with van der Waals surface area (Å²) in [5, 5.41) is 16.8. The number of aliphatic hydroxyl groups excluding tert-OH is 1. The maximum absolute atomic E-state index is 9.56. The molecule has 0 radical (unpaired) electrons. The summed E-state index contributed by atoms with van der Waals surface area (Å²) < 4.78 is 1.66. The maximum atomic E-state index is 9.56. The number of rotatable bonds is 6. The van der Waals surface area contributed by atoms with E-state index in [0.29, 0.717) is 6.54 Å². The monoisotopic (exact) mass is 209 g/mol. The summed E-state index contributed by atoms with van der Waals surface area (Å²) >= 11 is 0. The molecule has 0 saturated heterocycles. The lowest BCUT2D eigenvalue weighted by atomic mass is 10.1. The highest BCUT2D eigenvalue weighted by Crippen LogP contribution is 2.01. The number of hydrogen-bond donors (Lipinski definition) is 2. The molecule has 0 aliphatic carbocycles. The molecule has 2 N–H and O–H groups in total. The molecule has 1 atom stereocenters. The van der Waals surface area contributed by atoms with E-state index in [1.165, 1.54) is 0 Å². The average molecular weight is 209 g/mol. The van der Waals surface area contributed by atoms with Crippen molar-refractivity contribution in [1.29, 1.82) is 0 Å². The van der Waals surface area contributed by atoms with Crippen LogP contribution in [0, 0.1) is 5.92 Å². The van der Waals surface area contributed by atoms with Crippen LogP contribution in [0.2, 0.25) is 0 Å². The second-order valence-corrected chi connectivity index (χ2v) is 3.95. The molecule has 1 aromatic heterocycles. The Morgan fingerprint density at radius 3 is 2.93 bits per heavy atom. The minimum absolute atomic E-state index is 0.286. The first kappa shape index (κ1) is 11.9. The van der Waals surface area contributed by atoms with Gasteiger partial charge in [0.2, 0.25) is 0 Å². The van der Waals surface area contributed by atoms with Crippen LogP contribution in [0.15, 0.2) is 19.0 Å². The average Bonchev–Trinajstić information content (AvgIpc) is 2.65. The van der Waals surface area contributed by atoms with E-state index in [1.807, 2.05) is 20.0 Å². The molecule has 0 spiro atoms. The van der Waals surface area contributed by atoms with Crippen LogP contribution in [0.1, 0.15) is 19.4 Å². The number of hydrogen-bond acceptors (Lipinski definition) is 3. The third-order valence-corrected chi connectivity index (χ3v) is 2.29. The van der Waals surface area contributed by atoms with Gasteiger partial charge in [0.25, 0.3) is 0 Å². The van der Waals surface area contributed by atoms with Crippen LogP contribution in [0.4, 0.5) is 0 Å². The summed E-state index contributed by atoms with van der Waals surface area (Å²) in [6, 6.07) is 0. The van der Waals surface area contributed by atoms with Gasteiger partial charge in [-0.15, -0.1) is 0 Å². The van der Waals surface area contributed by atoms with Gasteiger partial charge in [-0.05, 0) is 5.92 Å². The van der Waals surface area contributed by atoms with Gasteiger partial charge in [-0.2, -0.15) is 5.10 Å². The number of aliphatic hydroxyl groups is 1. The van der Waals surface area contributed by atoms with Gasteiger partial charge >= 0.3 is 0 Å². The van der Waals surface area contributed by atoms with Crippen molar-refractivity contribution in [3.63, 3.8) is 0 Å². The summed E-state index contributed by atoms with van der Waals surface area (Å²) in [4.78, 5) is 0. The molecule has 4 heteroatoms. The first-order valence-corrected chi connectivity index (χ1v) is 5.18. The minimum Gasteiger partial charge on any atom is -0.392 e. The highest BCUT2D eigenvalue weighted by Gasteiger charge is 2.07. The Morgan fingerprint density at radius 1 is 1.67 bits per heavy atom. The molecule has 1 rings (SSSR count). The molecule has 1 heterocycles. The predicted molar refractivity (Wildman–Crippen MR) is 61.2 cm³/mol. The van der Waals surface area contributed by atoms with Crippen molar-refractivity contribution in [2.45, 2.75) is 26.5 Å². The molecule has 0 saturated carbocycles. The van der Waals surface area contributed by atoms with Gasteiger partial charge in [-0.25, -0.2) is 4.68 Å². The Kier molecular flexibility index (Phi) is 4.52. The molecule has 0 aliphatic heterocycles. The van der Waals surface area contributed by atoms with Crippen molar-refractivity contribution >= 4 is 6.20 Å². The van der Waals surface area contributed by atoms with Crippen molar-refractivity contribution < 1.29 is 5.11 Å². The quantitative estimate of drug-likeness (QED) is 0.737. The van der Waals surface area contributed by atoms with Crippen LogP contribution in [-0.2, 0) is 6.54 Å². The fourth-order valence-electron chi connectivity index (χ4n) is 1.17. The fourth-order valence-corrected chi connectivity index (χ4v) is 1.17. The van der Waals surface area contributed by atoms with E-state index < -0.39 is 0 Å². The van der Waals surface area contributed by atoms with Crippen molar-refractivity contribution in [3.05, 3.63) is 24.5 Å². The minimum atomic E-state index is -0.292. The van der Waals surface area contributed by atoms with E-state index in [0.717, 1.165) is 12.1 Å². The second kappa shape index (κ2) is 5.68. The Balaban J connectivity index is 2.28. The van der Waals surface area contributed by atoms with Crippen molar-refractivity contribution in [2.24, 2.45) is 5.92 Å². The van der Waals surface area contributed by atoms with Crippen LogP contribution in [0.25, 0.3) is 6.20 Å². The van der Waals surface area contributed by atoms with Crippen molar-refractivity contribution in [1.82, 2.24) is 15.1 Å². The topological polar surface area (TPSA) is 50.1 Å². The SMILES string of the molecule is C=Cn1cc(CNCC(O)C(C)C)cn1. The lowest BCUT2D eigenvalue weighted by Gasteiger charge is -2.14. The lowest BCUT2D eigenvalue weighted by molar-refractivity contribution is 0.123. The molecule has 15 heavy (non-hydrogen) atoms. The Hall–Kier alpha value is -1.13. The van der Waals surface area contributed by atoms with E-state index in [-0.39, 0.29) is 12.0 Å². The number of nitrogens with zero attached hydrogens (tertiary/aromatic N) is 2. The summed E-state index contributed by atoms with van der Waals surface area (Å²) in [5.41, 5.74) is 1.09. The Bertz CT molecular complexity index is 307. The number of nitrogens with one attached hydrogen (secondary N) is 1. The smallest absolute Gasteiger partial charge is 0.0687 e. The van der Waals surface area contributed by atoms with E-state index in [9.17, 15) is 5.11 Å². The molecule has 1 aromatic rings. The fraction of sp³-hybridized carbons (Fsp3) is 0.545.